The zero-order valence-corrected chi connectivity index (χ0v) is 10.7. The van der Waals surface area contributed by atoms with Crippen molar-refractivity contribution in [3.05, 3.63) is 42.0 Å². The Bertz CT molecular complexity index is 594. The highest BCUT2D eigenvalue weighted by molar-refractivity contribution is 5.91. The second-order valence-electron chi connectivity index (χ2n) is 3.90. The zero-order chi connectivity index (χ0) is 13.8. The van der Waals surface area contributed by atoms with E-state index in [2.05, 4.69) is 4.98 Å². The van der Waals surface area contributed by atoms with Crippen molar-refractivity contribution < 1.29 is 14.3 Å². The number of ether oxygens (including phenoxy) is 2. The Balaban J connectivity index is 2.50. The quantitative estimate of drug-likeness (QED) is 0.674. The molecule has 0 spiro atoms. The number of benzene rings is 1. The minimum absolute atomic E-state index is 0.356. The molecule has 0 saturated carbocycles. The van der Waals surface area contributed by atoms with Crippen molar-refractivity contribution in [1.29, 1.82) is 0 Å². The van der Waals surface area contributed by atoms with E-state index in [0.717, 1.165) is 5.56 Å². The highest BCUT2D eigenvalue weighted by Crippen LogP contribution is 2.23. The first-order valence-electron chi connectivity index (χ1n) is 5.64. The maximum Gasteiger partial charge on any atom is 0.338 e. The van der Waals surface area contributed by atoms with Crippen molar-refractivity contribution in [1.82, 2.24) is 4.98 Å². The van der Waals surface area contributed by atoms with Gasteiger partial charge in [0, 0.05) is 17.3 Å². The number of nitrogens with zero attached hydrogens (tertiary/aromatic N) is 1. The van der Waals surface area contributed by atoms with Crippen LogP contribution in [0.1, 0.15) is 10.4 Å². The number of anilines is 1. The lowest BCUT2D eigenvalue weighted by Crippen LogP contribution is -2.03. The first kappa shape index (κ1) is 12.9. The van der Waals surface area contributed by atoms with Gasteiger partial charge in [0.25, 0.3) is 0 Å². The molecule has 0 fully saturated rings. The molecule has 0 bridgehead atoms. The molecule has 5 nitrogen and oxygen atoms in total. The first-order chi connectivity index (χ1) is 9.13. The second-order valence-corrected chi connectivity index (χ2v) is 3.90. The van der Waals surface area contributed by atoms with Crippen LogP contribution in [0, 0.1) is 0 Å². The van der Waals surface area contributed by atoms with Crippen molar-refractivity contribution >= 4 is 11.7 Å². The summed E-state index contributed by atoms with van der Waals surface area (Å²) < 4.78 is 9.80. The monoisotopic (exact) mass is 258 g/mol. The van der Waals surface area contributed by atoms with Gasteiger partial charge in [0.15, 0.2) is 0 Å². The number of methoxy groups -OCH3 is 2. The van der Waals surface area contributed by atoms with Gasteiger partial charge < -0.3 is 15.2 Å². The summed E-state index contributed by atoms with van der Waals surface area (Å²) in [6.07, 6.45) is 0. The molecule has 0 radical (unpaired) electrons. The highest BCUT2D eigenvalue weighted by Gasteiger charge is 2.11. The maximum atomic E-state index is 11.6. The van der Waals surface area contributed by atoms with Crippen LogP contribution in [0.5, 0.6) is 5.88 Å². The fraction of sp³-hybridized carbons (Fsp3) is 0.143. The average Bonchev–Trinajstić information content (AvgIpc) is 2.46. The summed E-state index contributed by atoms with van der Waals surface area (Å²) in [5, 5.41) is 0. The SMILES string of the molecule is COC(=O)c1cc(OC)nc(-c2ccc(N)cc2)c1. The molecule has 0 amide bonds. The minimum Gasteiger partial charge on any atom is -0.481 e. The molecule has 0 aliphatic rings. The predicted octanol–water partition coefficient (Wildman–Crippen LogP) is 2.13. The smallest absolute Gasteiger partial charge is 0.338 e. The molecule has 1 aromatic heterocycles. The number of pyridine rings is 1. The van der Waals surface area contributed by atoms with Gasteiger partial charge in [-0.05, 0) is 18.2 Å². The van der Waals surface area contributed by atoms with Crippen molar-refractivity contribution in [2.45, 2.75) is 0 Å². The van der Waals surface area contributed by atoms with Crippen LogP contribution in [-0.2, 0) is 4.74 Å². The Kier molecular flexibility index (Phi) is 3.66. The number of rotatable bonds is 3. The average molecular weight is 258 g/mol. The van der Waals surface area contributed by atoms with Crippen molar-refractivity contribution in [2.75, 3.05) is 20.0 Å². The number of hydrogen-bond donors (Lipinski definition) is 1. The summed E-state index contributed by atoms with van der Waals surface area (Å²) in [6.45, 7) is 0. The van der Waals surface area contributed by atoms with E-state index in [9.17, 15) is 4.79 Å². The molecule has 2 rings (SSSR count). The van der Waals surface area contributed by atoms with Crippen molar-refractivity contribution in [3.8, 4) is 17.1 Å². The molecule has 5 heteroatoms. The molecule has 2 N–H and O–H groups in total. The Labute approximate surface area is 111 Å². The van der Waals surface area contributed by atoms with E-state index < -0.39 is 5.97 Å². The number of esters is 1. The zero-order valence-electron chi connectivity index (χ0n) is 10.7. The minimum atomic E-state index is -0.433. The number of nitrogens with two attached hydrogens (primary N) is 1. The summed E-state index contributed by atoms with van der Waals surface area (Å²) >= 11 is 0. The van der Waals surface area contributed by atoms with E-state index in [4.69, 9.17) is 15.2 Å². The van der Waals surface area contributed by atoms with E-state index in [1.807, 2.05) is 12.1 Å². The van der Waals surface area contributed by atoms with Crippen molar-refractivity contribution in [3.63, 3.8) is 0 Å². The predicted molar refractivity (Wildman–Crippen MR) is 72.0 cm³/mol. The highest BCUT2D eigenvalue weighted by atomic mass is 16.5. The third-order valence-electron chi connectivity index (χ3n) is 2.64. The van der Waals surface area contributed by atoms with Crippen LogP contribution in [0.3, 0.4) is 0 Å². The number of hydrogen-bond acceptors (Lipinski definition) is 5. The van der Waals surface area contributed by atoms with Crippen LogP contribution in [-0.4, -0.2) is 25.2 Å². The van der Waals surface area contributed by atoms with Crippen LogP contribution >= 0.6 is 0 Å². The molecule has 0 atom stereocenters. The third kappa shape index (κ3) is 2.82. The Morgan fingerprint density at radius 1 is 1.16 bits per heavy atom. The van der Waals surface area contributed by atoms with Crippen molar-refractivity contribution in [2.24, 2.45) is 0 Å². The lowest BCUT2D eigenvalue weighted by molar-refractivity contribution is 0.0600. The Hall–Kier alpha value is -2.56. The standard InChI is InChI=1S/C14H14N2O3/c1-18-13-8-10(14(17)19-2)7-12(16-13)9-3-5-11(15)6-4-9/h3-8H,15H2,1-2H3. The fourth-order valence-corrected chi connectivity index (χ4v) is 1.65. The normalized spacial score (nSPS) is 10.0. The van der Waals surface area contributed by atoms with Gasteiger partial charge in [0.1, 0.15) is 0 Å². The van der Waals surface area contributed by atoms with E-state index >= 15 is 0 Å². The number of carbonyl (C=O) groups excluding carboxylic acids is 1. The molecule has 1 heterocycles. The van der Waals surface area contributed by atoms with Gasteiger partial charge in [-0.25, -0.2) is 9.78 Å². The Morgan fingerprint density at radius 2 is 1.84 bits per heavy atom. The Morgan fingerprint density at radius 3 is 2.42 bits per heavy atom. The van der Waals surface area contributed by atoms with Gasteiger partial charge in [0.05, 0.1) is 25.5 Å². The summed E-state index contributed by atoms with van der Waals surface area (Å²) in [6, 6.07) is 10.4. The van der Waals surface area contributed by atoms with Gasteiger partial charge >= 0.3 is 5.97 Å². The van der Waals surface area contributed by atoms with Crippen LogP contribution in [0.25, 0.3) is 11.3 Å². The van der Waals surface area contributed by atoms with Crippen LogP contribution < -0.4 is 10.5 Å². The number of carbonyl (C=O) groups is 1. The van der Waals surface area contributed by atoms with E-state index in [1.165, 1.54) is 20.3 Å². The molecule has 98 valence electrons. The number of nitrogen functional groups attached to an aromatic ring is 1. The molecule has 0 aliphatic heterocycles. The van der Waals surface area contributed by atoms with E-state index in [1.54, 1.807) is 18.2 Å². The molecule has 0 aliphatic carbocycles. The number of aromatic nitrogens is 1. The molecular weight excluding hydrogens is 244 g/mol. The van der Waals surface area contributed by atoms with Crippen LogP contribution in [0.15, 0.2) is 36.4 Å². The lowest BCUT2D eigenvalue weighted by atomic mass is 10.1. The summed E-state index contributed by atoms with van der Waals surface area (Å²) in [5.41, 5.74) is 8.17. The summed E-state index contributed by atoms with van der Waals surface area (Å²) in [5.74, 6) is -0.0767. The molecule has 0 saturated heterocycles. The topological polar surface area (TPSA) is 74.4 Å². The van der Waals surface area contributed by atoms with Gasteiger partial charge in [-0.15, -0.1) is 0 Å². The lowest BCUT2D eigenvalue weighted by Gasteiger charge is -2.07. The maximum absolute atomic E-state index is 11.6. The summed E-state index contributed by atoms with van der Waals surface area (Å²) in [4.78, 5) is 15.9. The van der Waals surface area contributed by atoms with Gasteiger partial charge in [-0.1, -0.05) is 12.1 Å². The van der Waals surface area contributed by atoms with Crippen LogP contribution in [0.2, 0.25) is 0 Å². The molecule has 19 heavy (non-hydrogen) atoms. The molecule has 0 unspecified atom stereocenters. The molecular formula is C14H14N2O3. The summed E-state index contributed by atoms with van der Waals surface area (Å²) in [7, 11) is 2.83. The second kappa shape index (κ2) is 5.39. The fourth-order valence-electron chi connectivity index (χ4n) is 1.65. The van der Waals surface area contributed by atoms with E-state index in [0.29, 0.717) is 22.8 Å². The first-order valence-corrected chi connectivity index (χ1v) is 5.64. The largest absolute Gasteiger partial charge is 0.481 e. The third-order valence-corrected chi connectivity index (χ3v) is 2.64. The molecule has 1 aromatic carbocycles. The van der Waals surface area contributed by atoms with Crippen LogP contribution in [0.4, 0.5) is 5.69 Å². The van der Waals surface area contributed by atoms with E-state index in [-0.39, 0.29) is 0 Å². The molecule has 2 aromatic rings. The van der Waals surface area contributed by atoms with Gasteiger partial charge in [0.2, 0.25) is 5.88 Å². The van der Waals surface area contributed by atoms with Gasteiger partial charge in [-0.3, -0.25) is 0 Å². The van der Waals surface area contributed by atoms with Gasteiger partial charge in [-0.2, -0.15) is 0 Å².